The number of hydrogen-bond acceptors (Lipinski definition) is 2. The molecule has 0 bridgehead atoms. The van der Waals surface area contributed by atoms with Crippen LogP contribution in [0.3, 0.4) is 0 Å². The van der Waals surface area contributed by atoms with E-state index in [9.17, 15) is 9.50 Å². The third-order valence-electron chi connectivity index (χ3n) is 3.84. The van der Waals surface area contributed by atoms with Crippen LogP contribution in [0.15, 0.2) is 18.2 Å². The van der Waals surface area contributed by atoms with Crippen LogP contribution < -0.4 is 5.73 Å². The van der Waals surface area contributed by atoms with Crippen molar-refractivity contribution in [3.8, 4) is 0 Å². The zero-order valence-electron chi connectivity index (χ0n) is 10.7. The van der Waals surface area contributed by atoms with E-state index in [2.05, 4.69) is 0 Å². The number of hydrogen-bond donors (Lipinski definition) is 2. The first-order chi connectivity index (χ1) is 8.61. The molecule has 1 aliphatic rings. The summed E-state index contributed by atoms with van der Waals surface area (Å²) in [6.45, 7) is 0. The Bertz CT molecular complexity index is 410. The molecule has 0 unspecified atom stereocenters. The van der Waals surface area contributed by atoms with Gasteiger partial charge in [0, 0.05) is 5.56 Å². The average Bonchev–Trinajstić information content (AvgIpc) is 2.41. The number of halogens is 3. The van der Waals surface area contributed by atoms with Crippen molar-refractivity contribution >= 4 is 24.0 Å². The summed E-state index contributed by atoms with van der Waals surface area (Å²) in [4.78, 5) is 0. The van der Waals surface area contributed by atoms with Gasteiger partial charge in [-0.15, -0.1) is 12.4 Å². The number of rotatable bonds is 3. The van der Waals surface area contributed by atoms with Gasteiger partial charge in [-0.25, -0.2) is 4.39 Å². The summed E-state index contributed by atoms with van der Waals surface area (Å²) >= 11 is 5.74. The van der Waals surface area contributed by atoms with Gasteiger partial charge in [-0.3, -0.25) is 0 Å². The van der Waals surface area contributed by atoms with Crippen molar-refractivity contribution in [3.63, 3.8) is 0 Å². The molecule has 19 heavy (non-hydrogen) atoms. The van der Waals surface area contributed by atoms with E-state index < -0.39 is 18.0 Å². The van der Waals surface area contributed by atoms with Gasteiger partial charge in [-0.2, -0.15) is 0 Å². The van der Waals surface area contributed by atoms with E-state index in [1.165, 1.54) is 12.5 Å². The van der Waals surface area contributed by atoms with Crippen molar-refractivity contribution < 1.29 is 9.50 Å². The lowest BCUT2D eigenvalue weighted by Gasteiger charge is -2.30. The lowest BCUT2D eigenvalue weighted by atomic mass is 9.81. The van der Waals surface area contributed by atoms with Crippen molar-refractivity contribution in [1.29, 1.82) is 0 Å². The Morgan fingerprint density at radius 1 is 1.26 bits per heavy atom. The molecule has 1 aromatic rings. The first-order valence-corrected chi connectivity index (χ1v) is 6.86. The van der Waals surface area contributed by atoms with Gasteiger partial charge >= 0.3 is 0 Å². The van der Waals surface area contributed by atoms with Gasteiger partial charge < -0.3 is 10.8 Å². The Hall–Kier alpha value is -0.350. The van der Waals surface area contributed by atoms with Crippen LogP contribution in [0.1, 0.15) is 43.7 Å². The summed E-state index contributed by atoms with van der Waals surface area (Å²) in [5, 5.41) is 10.3. The van der Waals surface area contributed by atoms with Crippen LogP contribution in [-0.2, 0) is 0 Å². The Morgan fingerprint density at radius 2 is 1.89 bits per heavy atom. The van der Waals surface area contributed by atoms with Crippen LogP contribution in [0.25, 0.3) is 0 Å². The van der Waals surface area contributed by atoms with Crippen molar-refractivity contribution in [2.24, 2.45) is 11.7 Å². The van der Waals surface area contributed by atoms with Gasteiger partial charge in [0.15, 0.2) is 0 Å². The first kappa shape index (κ1) is 16.7. The van der Waals surface area contributed by atoms with E-state index in [0.29, 0.717) is 5.56 Å². The van der Waals surface area contributed by atoms with Gasteiger partial charge in [0.2, 0.25) is 0 Å². The topological polar surface area (TPSA) is 46.2 Å². The molecule has 2 rings (SSSR count). The summed E-state index contributed by atoms with van der Waals surface area (Å²) < 4.78 is 13.9. The molecule has 1 aliphatic carbocycles. The number of aliphatic hydroxyl groups is 1. The fourth-order valence-electron chi connectivity index (χ4n) is 2.73. The molecule has 0 saturated heterocycles. The Balaban J connectivity index is 0.00000180. The van der Waals surface area contributed by atoms with Gasteiger partial charge in [0.1, 0.15) is 5.82 Å². The predicted molar refractivity (Wildman–Crippen MR) is 78.2 cm³/mol. The number of nitrogens with two attached hydrogens (primary N) is 1. The summed E-state index contributed by atoms with van der Waals surface area (Å²) in [6.07, 6.45) is 4.69. The van der Waals surface area contributed by atoms with Crippen LogP contribution in [-0.4, -0.2) is 11.2 Å². The molecule has 0 spiro atoms. The highest BCUT2D eigenvalue weighted by Crippen LogP contribution is 2.33. The molecule has 0 heterocycles. The fourth-order valence-corrected chi connectivity index (χ4v) is 2.91. The third-order valence-corrected chi connectivity index (χ3v) is 4.13. The highest BCUT2D eigenvalue weighted by molar-refractivity contribution is 6.30. The quantitative estimate of drug-likeness (QED) is 0.891. The maximum absolute atomic E-state index is 13.9. The minimum Gasteiger partial charge on any atom is -0.391 e. The molecule has 108 valence electrons. The lowest BCUT2D eigenvalue weighted by Crippen LogP contribution is -2.34. The summed E-state index contributed by atoms with van der Waals surface area (Å²) in [5.74, 6) is -0.339. The zero-order valence-corrected chi connectivity index (χ0v) is 12.3. The van der Waals surface area contributed by atoms with E-state index in [1.54, 1.807) is 12.1 Å². The van der Waals surface area contributed by atoms with Crippen LogP contribution in [0.5, 0.6) is 0 Å². The van der Waals surface area contributed by atoms with Crippen molar-refractivity contribution in [2.45, 2.75) is 44.2 Å². The molecule has 0 aliphatic heterocycles. The molecule has 5 heteroatoms. The van der Waals surface area contributed by atoms with E-state index in [-0.39, 0.29) is 23.3 Å². The van der Waals surface area contributed by atoms with Crippen molar-refractivity contribution in [1.82, 2.24) is 0 Å². The third kappa shape index (κ3) is 3.82. The maximum Gasteiger partial charge on any atom is 0.146 e. The van der Waals surface area contributed by atoms with Gasteiger partial charge in [-0.1, -0.05) is 43.0 Å². The molecule has 1 saturated carbocycles. The van der Waals surface area contributed by atoms with E-state index in [0.717, 1.165) is 25.7 Å². The summed E-state index contributed by atoms with van der Waals surface area (Å²) in [5.41, 5.74) is 6.30. The SMILES string of the molecule is Cl.N[C@H](c1cccc(Cl)c1F)[C@@H](O)C1CCCCC1. The Morgan fingerprint density at radius 3 is 2.53 bits per heavy atom. The van der Waals surface area contributed by atoms with Gasteiger partial charge in [-0.05, 0) is 24.8 Å². The molecule has 0 radical (unpaired) electrons. The molecule has 2 nitrogen and oxygen atoms in total. The largest absolute Gasteiger partial charge is 0.391 e. The van der Waals surface area contributed by atoms with E-state index in [4.69, 9.17) is 17.3 Å². The van der Waals surface area contributed by atoms with Crippen LogP contribution >= 0.6 is 24.0 Å². The fraction of sp³-hybridized carbons (Fsp3) is 0.571. The van der Waals surface area contributed by atoms with E-state index >= 15 is 0 Å². The second-order valence-electron chi connectivity index (χ2n) is 5.06. The normalized spacial score (nSPS) is 19.6. The average molecular weight is 308 g/mol. The van der Waals surface area contributed by atoms with Crippen LogP contribution in [0.2, 0.25) is 5.02 Å². The first-order valence-electron chi connectivity index (χ1n) is 6.49. The molecule has 1 fully saturated rings. The highest BCUT2D eigenvalue weighted by atomic mass is 35.5. The summed E-state index contributed by atoms with van der Waals surface area (Å²) in [6, 6.07) is 4.04. The monoisotopic (exact) mass is 307 g/mol. The molecule has 1 aromatic carbocycles. The maximum atomic E-state index is 13.9. The van der Waals surface area contributed by atoms with Crippen LogP contribution in [0, 0.1) is 11.7 Å². The molecule has 0 amide bonds. The Labute approximate surface area is 124 Å². The van der Waals surface area contributed by atoms with Crippen molar-refractivity contribution in [3.05, 3.63) is 34.6 Å². The van der Waals surface area contributed by atoms with E-state index in [1.807, 2.05) is 0 Å². The zero-order chi connectivity index (χ0) is 13.1. The van der Waals surface area contributed by atoms with Crippen molar-refractivity contribution in [2.75, 3.05) is 0 Å². The molecule has 3 N–H and O–H groups in total. The smallest absolute Gasteiger partial charge is 0.146 e. The molecular formula is C14H20Cl2FNO. The van der Waals surface area contributed by atoms with Crippen LogP contribution in [0.4, 0.5) is 4.39 Å². The van der Waals surface area contributed by atoms with Gasteiger partial charge in [0.25, 0.3) is 0 Å². The second-order valence-corrected chi connectivity index (χ2v) is 5.46. The van der Waals surface area contributed by atoms with Gasteiger partial charge in [0.05, 0.1) is 17.2 Å². The highest BCUT2D eigenvalue weighted by Gasteiger charge is 2.29. The Kier molecular flexibility index (Phi) is 6.54. The summed E-state index contributed by atoms with van der Waals surface area (Å²) in [7, 11) is 0. The molecule has 2 atom stereocenters. The molecule has 0 aromatic heterocycles. The standard InChI is InChI=1S/C14H19ClFNO.ClH/c15-11-8-4-7-10(12(11)16)13(17)14(18)9-5-2-1-3-6-9;/h4,7-9,13-14,18H,1-3,5-6,17H2;1H/t13-,14+;/m1./s1. The lowest BCUT2D eigenvalue weighted by molar-refractivity contribution is 0.0608. The number of aliphatic hydroxyl groups excluding tert-OH is 1. The minimum absolute atomic E-state index is 0. The number of benzene rings is 1. The molecular weight excluding hydrogens is 288 g/mol. The minimum atomic E-state index is -0.702. The predicted octanol–water partition coefficient (Wildman–Crippen LogP) is 3.84. The second kappa shape index (κ2) is 7.44.